The van der Waals surface area contributed by atoms with E-state index in [2.05, 4.69) is 25.9 Å². The van der Waals surface area contributed by atoms with E-state index in [1.165, 1.54) is 11.0 Å². The van der Waals surface area contributed by atoms with Crippen molar-refractivity contribution in [1.29, 1.82) is 0 Å². The highest BCUT2D eigenvalue weighted by Crippen LogP contribution is 2.18. The molecule has 1 N–H and O–H groups in total. The number of nitrogens with zero attached hydrogens (tertiary/aromatic N) is 6. The second-order valence-electron chi connectivity index (χ2n) is 6.32. The Hall–Kier alpha value is -3.56. The SMILES string of the molecule is Cc1nn(C)c(C)c1NC(=O)COC(=O)[C@H](Cc1ccccc1)n1cnnn1. The van der Waals surface area contributed by atoms with Crippen LogP contribution in [0, 0.1) is 13.8 Å². The van der Waals surface area contributed by atoms with Crippen LogP contribution in [-0.4, -0.2) is 48.5 Å². The summed E-state index contributed by atoms with van der Waals surface area (Å²) < 4.78 is 8.22. The first kappa shape index (κ1) is 19.2. The van der Waals surface area contributed by atoms with E-state index >= 15 is 0 Å². The molecule has 146 valence electrons. The van der Waals surface area contributed by atoms with Gasteiger partial charge in [-0.1, -0.05) is 30.3 Å². The van der Waals surface area contributed by atoms with Crippen LogP contribution in [0.15, 0.2) is 36.7 Å². The van der Waals surface area contributed by atoms with Crippen LogP contribution in [-0.2, 0) is 27.8 Å². The minimum atomic E-state index is -0.771. The van der Waals surface area contributed by atoms with Gasteiger partial charge in [0.1, 0.15) is 6.33 Å². The summed E-state index contributed by atoms with van der Waals surface area (Å²) in [6, 6.07) is 8.66. The maximum absolute atomic E-state index is 12.6. The third kappa shape index (κ3) is 4.40. The molecule has 2 aromatic heterocycles. The van der Waals surface area contributed by atoms with Crippen molar-refractivity contribution in [1.82, 2.24) is 30.0 Å². The number of hydrogen-bond acceptors (Lipinski definition) is 7. The lowest BCUT2D eigenvalue weighted by atomic mass is 10.1. The standard InChI is InChI=1S/C18H21N7O3/c1-12-17(13(2)24(3)21-12)20-16(26)10-28-18(27)15(25-11-19-22-23-25)9-14-7-5-4-6-8-14/h4-8,11,15H,9-10H2,1-3H3,(H,20,26)/t15-/m0/s1. The summed E-state index contributed by atoms with van der Waals surface area (Å²) in [7, 11) is 1.79. The minimum Gasteiger partial charge on any atom is -0.454 e. The van der Waals surface area contributed by atoms with E-state index in [1.54, 1.807) is 18.7 Å². The van der Waals surface area contributed by atoms with Crippen molar-refractivity contribution in [3.05, 3.63) is 53.6 Å². The van der Waals surface area contributed by atoms with E-state index < -0.39 is 24.5 Å². The number of esters is 1. The molecule has 10 heteroatoms. The lowest BCUT2D eigenvalue weighted by Gasteiger charge is -2.15. The zero-order valence-electron chi connectivity index (χ0n) is 15.9. The van der Waals surface area contributed by atoms with Crippen LogP contribution in [0.2, 0.25) is 0 Å². The monoisotopic (exact) mass is 383 g/mol. The van der Waals surface area contributed by atoms with Gasteiger partial charge in [-0.15, -0.1) is 5.10 Å². The van der Waals surface area contributed by atoms with Crippen molar-refractivity contribution in [2.75, 3.05) is 11.9 Å². The van der Waals surface area contributed by atoms with E-state index in [0.717, 1.165) is 11.3 Å². The molecular formula is C18H21N7O3. The van der Waals surface area contributed by atoms with E-state index in [9.17, 15) is 9.59 Å². The number of aryl methyl sites for hydroxylation is 2. The zero-order chi connectivity index (χ0) is 20.1. The molecule has 0 saturated carbocycles. The molecule has 2 heterocycles. The first-order valence-corrected chi connectivity index (χ1v) is 8.68. The lowest BCUT2D eigenvalue weighted by Crippen LogP contribution is -2.28. The van der Waals surface area contributed by atoms with Crippen LogP contribution < -0.4 is 5.32 Å². The largest absolute Gasteiger partial charge is 0.454 e. The van der Waals surface area contributed by atoms with E-state index in [4.69, 9.17) is 4.74 Å². The van der Waals surface area contributed by atoms with Gasteiger partial charge in [0.25, 0.3) is 5.91 Å². The van der Waals surface area contributed by atoms with Crippen LogP contribution in [0.3, 0.4) is 0 Å². The molecule has 0 bridgehead atoms. The van der Waals surface area contributed by atoms with Crippen molar-refractivity contribution in [3.63, 3.8) is 0 Å². The van der Waals surface area contributed by atoms with Crippen LogP contribution >= 0.6 is 0 Å². The fourth-order valence-electron chi connectivity index (χ4n) is 2.80. The maximum Gasteiger partial charge on any atom is 0.331 e. The van der Waals surface area contributed by atoms with E-state index in [-0.39, 0.29) is 0 Å². The molecule has 0 unspecified atom stereocenters. The summed E-state index contributed by atoms with van der Waals surface area (Å²) in [4.78, 5) is 24.8. The normalized spacial score (nSPS) is 11.8. The summed E-state index contributed by atoms with van der Waals surface area (Å²) in [5.41, 5.74) is 3.04. The molecule has 0 fully saturated rings. The van der Waals surface area contributed by atoms with Gasteiger partial charge in [0.15, 0.2) is 12.6 Å². The van der Waals surface area contributed by atoms with Gasteiger partial charge in [-0.2, -0.15) is 5.10 Å². The molecule has 1 amide bonds. The summed E-state index contributed by atoms with van der Waals surface area (Å²) in [5.74, 6) is -1.03. The number of aromatic nitrogens is 6. The number of anilines is 1. The van der Waals surface area contributed by atoms with Crippen molar-refractivity contribution in [3.8, 4) is 0 Å². The van der Waals surface area contributed by atoms with Crippen molar-refractivity contribution < 1.29 is 14.3 Å². The molecule has 0 radical (unpaired) electrons. The molecule has 28 heavy (non-hydrogen) atoms. The number of nitrogens with one attached hydrogen (secondary N) is 1. The third-order valence-corrected chi connectivity index (χ3v) is 4.35. The fraction of sp³-hybridized carbons (Fsp3) is 0.333. The first-order chi connectivity index (χ1) is 13.5. The number of rotatable bonds is 7. The Kier molecular flexibility index (Phi) is 5.78. The highest BCUT2D eigenvalue weighted by Gasteiger charge is 2.25. The molecule has 3 aromatic rings. The smallest absolute Gasteiger partial charge is 0.331 e. The van der Waals surface area contributed by atoms with Crippen molar-refractivity contribution >= 4 is 17.6 Å². The van der Waals surface area contributed by atoms with Gasteiger partial charge in [0.2, 0.25) is 0 Å². The average Bonchev–Trinajstić information content (AvgIpc) is 3.30. The second-order valence-corrected chi connectivity index (χ2v) is 6.32. The van der Waals surface area contributed by atoms with Crippen LogP contribution in [0.5, 0.6) is 0 Å². The number of carbonyl (C=O) groups is 2. The summed E-state index contributed by atoms with van der Waals surface area (Å²) in [6.45, 7) is 3.22. The second kappa shape index (κ2) is 8.42. The zero-order valence-corrected chi connectivity index (χ0v) is 15.9. The predicted molar refractivity (Wildman–Crippen MR) is 99.3 cm³/mol. The van der Waals surface area contributed by atoms with Gasteiger partial charge in [-0.25, -0.2) is 9.48 Å². The maximum atomic E-state index is 12.6. The number of benzene rings is 1. The quantitative estimate of drug-likeness (QED) is 0.605. The molecule has 0 aliphatic rings. The third-order valence-electron chi connectivity index (χ3n) is 4.35. The van der Waals surface area contributed by atoms with Crippen molar-refractivity contribution in [2.24, 2.45) is 7.05 Å². The number of tetrazole rings is 1. The molecule has 0 spiro atoms. The Morgan fingerprint density at radius 3 is 2.57 bits per heavy atom. The molecule has 0 aliphatic carbocycles. The Morgan fingerprint density at radius 2 is 1.96 bits per heavy atom. The molecule has 3 rings (SSSR count). The highest BCUT2D eigenvalue weighted by atomic mass is 16.5. The summed E-state index contributed by atoms with van der Waals surface area (Å²) in [6.07, 6.45) is 1.68. The first-order valence-electron chi connectivity index (χ1n) is 8.68. The van der Waals surface area contributed by atoms with Gasteiger partial charge in [0.05, 0.1) is 17.1 Å². The van der Waals surface area contributed by atoms with Crippen LogP contribution in [0.4, 0.5) is 5.69 Å². The Balaban J connectivity index is 1.64. The number of hydrogen-bond donors (Lipinski definition) is 1. The van der Waals surface area contributed by atoms with Gasteiger partial charge in [-0.05, 0) is 29.8 Å². The number of amides is 1. The van der Waals surface area contributed by atoms with Gasteiger partial charge >= 0.3 is 5.97 Å². The van der Waals surface area contributed by atoms with Crippen molar-refractivity contribution in [2.45, 2.75) is 26.3 Å². The number of carbonyl (C=O) groups excluding carboxylic acids is 2. The highest BCUT2D eigenvalue weighted by molar-refractivity contribution is 5.94. The minimum absolute atomic E-state index is 0.340. The fourth-order valence-corrected chi connectivity index (χ4v) is 2.80. The summed E-state index contributed by atoms with van der Waals surface area (Å²) >= 11 is 0. The van der Waals surface area contributed by atoms with E-state index in [1.807, 2.05) is 37.3 Å². The molecule has 1 atom stereocenters. The Morgan fingerprint density at radius 1 is 1.21 bits per heavy atom. The van der Waals surface area contributed by atoms with E-state index in [0.29, 0.717) is 17.8 Å². The van der Waals surface area contributed by atoms with Gasteiger partial charge < -0.3 is 10.1 Å². The number of ether oxygens (including phenoxy) is 1. The molecule has 0 aliphatic heterocycles. The van der Waals surface area contributed by atoms with Crippen LogP contribution in [0.1, 0.15) is 23.0 Å². The Labute approximate surface area is 161 Å². The van der Waals surface area contributed by atoms with Gasteiger partial charge in [-0.3, -0.25) is 9.48 Å². The molecular weight excluding hydrogens is 362 g/mol. The Bertz CT molecular complexity index is 951. The topological polar surface area (TPSA) is 117 Å². The predicted octanol–water partition coefficient (Wildman–Crippen LogP) is 0.989. The molecule has 1 aromatic carbocycles. The van der Waals surface area contributed by atoms with Gasteiger partial charge in [0, 0.05) is 13.5 Å². The summed E-state index contributed by atoms with van der Waals surface area (Å²) in [5, 5.41) is 17.9. The lowest BCUT2D eigenvalue weighted by molar-refractivity contribution is -0.151. The molecule has 0 saturated heterocycles. The van der Waals surface area contributed by atoms with Crippen LogP contribution in [0.25, 0.3) is 0 Å². The average molecular weight is 383 g/mol. The molecule has 10 nitrogen and oxygen atoms in total.